The van der Waals surface area contributed by atoms with Crippen LogP contribution in [-0.4, -0.2) is 4.98 Å². The van der Waals surface area contributed by atoms with Crippen LogP contribution in [0.25, 0.3) is 21.3 Å². The second kappa shape index (κ2) is 4.21. The van der Waals surface area contributed by atoms with E-state index in [0.29, 0.717) is 0 Å². The molecule has 1 aromatic heterocycles. The minimum absolute atomic E-state index is 1.11. The molecule has 1 heterocycles. The van der Waals surface area contributed by atoms with Gasteiger partial charge in [0.1, 0.15) is 0 Å². The largest absolute Gasteiger partial charge is 0.241 e. The normalized spacial score (nSPS) is 11.1. The number of benzene rings is 2. The first-order valence-corrected chi connectivity index (χ1v) is 6.90. The number of aromatic nitrogens is 1. The molecule has 0 saturated carbocycles. The third kappa shape index (κ3) is 1.83. The highest BCUT2D eigenvalue weighted by atomic mass is 32.1. The van der Waals surface area contributed by atoms with Crippen molar-refractivity contribution in [3.05, 3.63) is 52.5 Å². The van der Waals surface area contributed by atoms with Crippen LogP contribution < -0.4 is 0 Å². The summed E-state index contributed by atoms with van der Waals surface area (Å²) in [5, 5.41) is 1.13. The molecule has 0 atom stereocenters. The Labute approximate surface area is 111 Å². The Morgan fingerprint density at radius 1 is 0.944 bits per heavy atom. The van der Waals surface area contributed by atoms with Crippen molar-refractivity contribution < 1.29 is 0 Å². The van der Waals surface area contributed by atoms with E-state index in [4.69, 9.17) is 0 Å². The van der Waals surface area contributed by atoms with E-state index in [0.717, 1.165) is 10.5 Å². The highest BCUT2D eigenvalue weighted by Gasteiger charge is 2.07. The van der Waals surface area contributed by atoms with Crippen LogP contribution in [0.1, 0.15) is 16.1 Å². The minimum Gasteiger partial charge on any atom is -0.241 e. The molecule has 0 bridgehead atoms. The average molecular weight is 253 g/mol. The van der Waals surface area contributed by atoms with E-state index in [9.17, 15) is 0 Å². The summed E-state index contributed by atoms with van der Waals surface area (Å²) < 4.78 is 1.27. The third-order valence-electron chi connectivity index (χ3n) is 3.26. The van der Waals surface area contributed by atoms with Gasteiger partial charge in [-0.05, 0) is 55.2 Å². The Bertz CT molecular complexity index is 705. The minimum atomic E-state index is 1.11. The molecule has 90 valence electrons. The van der Waals surface area contributed by atoms with Gasteiger partial charge in [-0.3, -0.25) is 0 Å². The van der Waals surface area contributed by atoms with E-state index in [2.05, 4.69) is 62.2 Å². The first-order chi connectivity index (χ1) is 8.65. The van der Waals surface area contributed by atoms with Gasteiger partial charge in [0.05, 0.1) is 15.2 Å². The maximum atomic E-state index is 4.58. The maximum absolute atomic E-state index is 4.58. The van der Waals surface area contributed by atoms with Gasteiger partial charge in [0, 0.05) is 0 Å². The van der Waals surface area contributed by atoms with Crippen LogP contribution in [0.2, 0.25) is 0 Å². The average Bonchev–Trinajstić information content (AvgIpc) is 2.68. The Balaban J connectivity index is 2.25. The zero-order chi connectivity index (χ0) is 12.7. The van der Waals surface area contributed by atoms with Crippen molar-refractivity contribution in [1.29, 1.82) is 0 Å². The van der Waals surface area contributed by atoms with Crippen LogP contribution in [-0.2, 0) is 0 Å². The summed E-state index contributed by atoms with van der Waals surface area (Å²) in [5.74, 6) is 0. The lowest BCUT2D eigenvalue weighted by Crippen LogP contribution is -1.87. The second-order valence-corrected chi connectivity index (χ2v) is 5.92. The van der Waals surface area contributed by atoms with Crippen molar-refractivity contribution in [2.45, 2.75) is 20.8 Å². The SMILES string of the molecule is Cc1nc2cc(-c3c(C)cccc3C)ccc2s1. The zero-order valence-electron chi connectivity index (χ0n) is 10.8. The maximum Gasteiger partial charge on any atom is 0.0907 e. The standard InChI is InChI=1S/C16H15NS/c1-10-5-4-6-11(2)16(10)13-7-8-15-14(9-13)17-12(3)18-15/h4-9H,1-3H3. The Kier molecular flexibility index (Phi) is 2.67. The van der Waals surface area contributed by atoms with Gasteiger partial charge >= 0.3 is 0 Å². The van der Waals surface area contributed by atoms with Crippen LogP contribution in [0.4, 0.5) is 0 Å². The van der Waals surface area contributed by atoms with Crippen molar-refractivity contribution in [2.24, 2.45) is 0 Å². The molecule has 0 aliphatic carbocycles. The number of thiazole rings is 1. The van der Waals surface area contributed by atoms with Gasteiger partial charge in [-0.2, -0.15) is 0 Å². The molecule has 0 saturated heterocycles. The smallest absolute Gasteiger partial charge is 0.0907 e. The molecular formula is C16H15NS. The topological polar surface area (TPSA) is 12.9 Å². The van der Waals surface area contributed by atoms with E-state index in [1.54, 1.807) is 11.3 Å². The summed E-state index contributed by atoms with van der Waals surface area (Å²) in [6, 6.07) is 13.0. The molecule has 0 amide bonds. The summed E-state index contributed by atoms with van der Waals surface area (Å²) in [4.78, 5) is 4.58. The van der Waals surface area contributed by atoms with Crippen LogP contribution in [0.15, 0.2) is 36.4 Å². The van der Waals surface area contributed by atoms with Crippen molar-refractivity contribution in [2.75, 3.05) is 0 Å². The molecule has 0 aliphatic rings. The first-order valence-electron chi connectivity index (χ1n) is 6.09. The van der Waals surface area contributed by atoms with Gasteiger partial charge in [0.15, 0.2) is 0 Å². The lowest BCUT2D eigenvalue weighted by atomic mass is 9.96. The zero-order valence-corrected chi connectivity index (χ0v) is 11.6. The predicted octanol–water partition coefficient (Wildman–Crippen LogP) is 4.89. The lowest BCUT2D eigenvalue weighted by Gasteiger charge is -2.09. The monoisotopic (exact) mass is 253 g/mol. The van der Waals surface area contributed by atoms with E-state index >= 15 is 0 Å². The Morgan fingerprint density at radius 2 is 1.67 bits per heavy atom. The second-order valence-electron chi connectivity index (χ2n) is 4.68. The molecule has 0 fully saturated rings. The summed E-state index contributed by atoms with van der Waals surface area (Å²) in [6.45, 7) is 6.39. The lowest BCUT2D eigenvalue weighted by molar-refractivity contribution is 1.34. The van der Waals surface area contributed by atoms with Gasteiger partial charge in [0.2, 0.25) is 0 Å². The number of aryl methyl sites for hydroxylation is 3. The van der Waals surface area contributed by atoms with Crippen LogP contribution >= 0.6 is 11.3 Å². The van der Waals surface area contributed by atoms with Crippen LogP contribution in [0, 0.1) is 20.8 Å². The summed E-state index contributed by atoms with van der Waals surface area (Å²) in [5.41, 5.74) is 6.36. The fourth-order valence-electron chi connectivity index (χ4n) is 2.47. The molecule has 1 nitrogen and oxygen atoms in total. The quantitative estimate of drug-likeness (QED) is 0.601. The molecule has 2 heteroatoms. The van der Waals surface area contributed by atoms with Crippen LogP contribution in [0.5, 0.6) is 0 Å². The summed E-state index contributed by atoms with van der Waals surface area (Å²) in [6.07, 6.45) is 0. The molecule has 3 rings (SSSR count). The van der Waals surface area contributed by atoms with E-state index in [1.807, 2.05) is 0 Å². The highest BCUT2D eigenvalue weighted by Crippen LogP contribution is 2.31. The molecular weight excluding hydrogens is 238 g/mol. The van der Waals surface area contributed by atoms with E-state index < -0.39 is 0 Å². The van der Waals surface area contributed by atoms with Gasteiger partial charge < -0.3 is 0 Å². The van der Waals surface area contributed by atoms with E-state index in [-0.39, 0.29) is 0 Å². The van der Waals surface area contributed by atoms with Gasteiger partial charge in [0.25, 0.3) is 0 Å². The molecule has 0 unspecified atom stereocenters. The Hall–Kier alpha value is -1.67. The van der Waals surface area contributed by atoms with Crippen molar-refractivity contribution in [3.8, 4) is 11.1 Å². The molecule has 0 spiro atoms. The summed E-state index contributed by atoms with van der Waals surface area (Å²) >= 11 is 1.75. The third-order valence-corrected chi connectivity index (χ3v) is 4.22. The van der Waals surface area contributed by atoms with Gasteiger partial charge in [-0.25, -0.2) is 4.98 Å². The van der Waals surface area contributed by atoms with Crippen LogP contribution in [0.3, 0.4) is 0 Å². The summed E-state index contributed by atoms with van der Waals surface area (Å²) in [7, 11) is 0. The van der Waals surface area contributed by atoms with E-state index in [1.165, 1.54) is 27.0 Å². The predicted molar refractivity (Wildman–Crippen MR) is 79.3 cm³/mol. The van der Waals surface area contributed by atoms with Gasteiger partial charge in [-0.15, -0.1) is 11.3 Å². The number of hydrogen-bond donors (Lipinski definition) is 0. The fourth-order valence-corrected chi connectivity index (χ4v) is 3.28. The fraction of sp³-hybridized carbons (Fsp3) is 0.188. The number of hydrogen-bond acceptors (Lipinski definition) is 2. The molecule has 0 aliphatic heterocycles. The Morgan fingerprint density at radius 3 is 2.39 bits per heavy atom. The molecule has 0 N–H and O–H groups in total. The number of fused-ring (bicyclic) bond motifs is 1. The molecule has 3 aromatic rings. The van der Waals surface area contributed by atoms with Crippen molar-refractivity contribution >= 4 is 21.6 Å². The first kappa shape index (κ1) is 11.4. The number of nitrogens with zero attached hydrogens (tertiary/aromatic N) is 1. The molecule has 2 aromatic carbocycles. The molecule has 0 radical (unpaired) electrons. The van der Waals surface area contributed by atoms with Crippen molar-refractivity contribution in [1.82, 2.24) is 4.98 Å². The number of rotatable bonds is 1. The van der Waals surface area contributed by atoms with Crippen molar-refractivity contribution in [3.63, 3.8) is 0 Å². The highest BCUT2D eigenvalue weighted by molar-refractivity contribution is 7.18. The van der Waals surface area contributed by atoms with Gasteiger partial charge in [-0.1, -0.05) is 24.3 Å². The molecule has 18 heavy (non-hydrogen) atoms.